The fraction of sp³-hybridized carbons (Fsp3) is 0.200. The smallest absolute Gasteiger partial charge is 0.292 e. The van der Waals surface area contributed by atoms with Crippen LogP contribution < -0.4 is 5.32 Å². The van der Waals surface area contributed by atoms with E-state index < -0.39 is 10.5 Å². The third-order valence-electron chi connectivity index (χ3n) is 3.29. The van der Waals surface area contributed by atoms with Crippen molar-refractivity contribution in [3.05, 3.63) is 69.2 Å². The Morgan fingerprint density at radius 3 is 2.52 bits per heavy atom. The minimum atomic E-state index is -0.850. The number of hydrogen-bond donors (Lipinski definition) is 2. The van der Waals surface area contributed by atoms with Gasteiger partial charge in [-0.3, -0.25) is 10.1 Å². The van der Waals surface area contributed by atoms with Crippen LogP contribution in [0.2, 0.25) is 5.02 Å². The molecule has 0 aliphatic carbocycles. The lowest BCUT2D eigenvalue weighted by molar-refractivity contribution is -0.384. The topological polar surface area (TPSA) is 75.4 Å². The molecule has 5 nitrogen and oxygen atoms in total. The molecule has 110 valence electrons. The second-order valence-electron chi connectivity index (χ2n) is 4.90. The minimum Gasteiger partial charge on any atom is -0.394 e. The van der Waals surface area contributed by atoms with E-state index in [0.29, 0.717) is 5.02 Å². The molecule has 0 amide bonds. The molecule has 6 heteroatoms. The third kappa shape index (κ3) is 3.32. The average molecular weight is 307 g/mol. The van der Waals surface area contributed by atoms with Crippen LogP contribution >= 0.6 is 11.6 Å². The Morgan fingerprint density at radius 2 is 1.95 bits per heavy atom. The van der Waals surface area contributed by atoms with Crippen LogP contribution in [-0.4, -0.2) is 16.6 Å². The van der Waals surface area contributed by atoms with Crippen molar-refractivity contribution in [3.8, 4) is 0 Å². The van der Waals surface area contributed by atoms with Gasteiger partial charge >= 0.3 is 0 Å². The van der Waals surface area contributed by atoms with Gasteiger partial charge in [-0.15, -0.1) is 0 Å². The standard InChI is InChI=1S/C15H15ClN2O3/c1-15(10-19,11-5-3-2-4-6-11)17-13-9-12(16)7-8-14(13)18(20)21/h2-9,17,19H,10H2,1H3. The summed E-state index contributed by atoms with van der Waals surface area (Å²) in [6, 6.07) is 13.5. The van der Waals surface area contributed by atoms with Gasteiger partial charge in [0, 0.05) is 11.1 Å². The molecule has 0 saturated heterocycles. The maximum absolute atomic E-state index is 11.1. The summed E-state index contributed by atoms with van der Waals surface area (Å²) in [6.07, 6.45) is 0. The van der Waals surface area contributed by atoms with Crippen LogP contribution in [0.15, 0.2) is 48.5 Å². The highest BCUT2D eigenvalue weighted by Gasteiger charge is 2.28. The van der Waals surface area contributed by atoms with Crippen LogP contribution in [0.3, 0.4) is 0 Å². The van der Waals surface area contributed by atoms with E-state index >= 15 is 0 Å². The van der Waals surface area contributed by atoms with Crippen LogP contribution in [0.1, 0.15) is 12.5 Å². The molecule has 0 radical (unpaired) electrons. The SMILES string of the molecule is CC(CO)(Nc1cc(Cl)ccc1[N+](=O)[O-])c1ccccc1. The second-order valence-corrected chi connectivity index (χ2v) is 5.34. The van der Waals surface area contributed by atoms with Crippen molar-refractivity contribution in [1.82, 2.24) is 0 Å². The fourth-order valence-corrected chi connectivity index (χ4v) is 2.25. The van der Waals surface area contributed by atoms with Crippen LogP contribution in [0.4, 0.5) is 11.4 Å². The van der Waals surface area contributed by atoms with Crippen LogP contribution in [0.5, 0.6) is 0 Å². The maximum atomic E-state index is 11.1. The summed E-state index contributed by atoms with van der Waals surface area (Å²) < 4.78 is 0. The van der Waals surface area contributed by atoms with E-state index in [4.69, 9.17) is 11.6 Å². The predicted molar refractivity (Wildman–Crippen MR) is 82.6 cm³/mol. The van der Waals surface area contributed by atoms with Crippen molar-refractivity contribution in [1.29, 1.82) is 0 Å². The van der Waals surface area contributed by atoms with Crippen molar-refractivity contribution in [2.75, 3.05) is 11.9 Å². The Labute approximate surface area is 127 Å². The van der Waals surface area contributed by atoms with E-state index in [1.54, 1.807) is 6.92 Å². The first kappa shape index (κ1) is 15.3. The van der Waals surface area contributed by atoms with Gasteiger partial charge in [0.2, 0.25) is 0 Å². The van der Waals surface area contributed by atoms with E-state index in [9.17, 15) is 15.2 Å². The first-order valence-electron chi connectivity index (χ1n) is 6.35. The first-order chi connectivity index (χ1) is 9.96. The minimum absolute atomic E-state index is 0.0880. The van der Waals surface area contributed by atoms with Gasteiger partial charge in [0.25, 0.3) is 5.69 Å². The van der Waals surface area contributed by atoms with Gasteiger partial charge in [-0.2, -0.15) is 0 Å². The Hall–Kier alpha value is -2.11. The summed E-state index contributed by atoms with van der Waals surface area (Å²) in [5, 5.41) is 24.3. The zero-order valence-electron chi connectivity index (χ0n) is 11.4. The third-order valence-corrected chi connectivity index (χ3v) is 3.53. The number of anilines is 1. The average Bonchev–Trinajstić information content (AvgIpc) is 2.47. The first-order valence-corrected chi connectivity index (χ1v) is 6.72. The number of hydrogen-bond acceptors (Lipinski definition) is 4. The van der Waals surface area contributed by atoms with Crippen molar-refractivity contribution >= 4 is 23.0 Å². The molecule has 0 bridgehead atoms. The van der Waals surface area contributed by atoms with E-state index in [1.807, 2.05) is 30.3 Å². The lowest BCUT2D eigenvalue weighted by Gasteiger charge is -2.30. The predicted octanol–water partition coefficient (Wildman–Crippen LogP) is 3.57. The molecule has 0 aliphatic heterocycles. The second kappa shape index (κ2) is 6.11. The molecule has 0 saturated carbocycles. The molecule has 0 heterocycles. The zero-order chi connectivity index (χ0) is 15.5. The van der Waals surface area contributed by atoms with E-state index in [-0.39, 0.29) is 18.0 Å². The largest absolute Gasteiger partial charge is 0.394 e. The van der Waals surface area contributed by atoms with E-state index in [2.05, 4.69) is 5.32 Å². The molecule has 1 unspecified atom stereocenters. The molecule has 1 atom stereocenters. The lowest BCUT2D eigenvalue weighted by Crippen LogP contribution is -2.36. The number of halogens is 1. The van der Waals surface area contributed by atoms with Gasteiger partial charge in [-0.05, 0) is 24.6 Å². The van der Waals surface area contributed by atoms with Gasteiger partial charge in [0.05, 0.1) is 17.1 Å². The summed E-state index contributed by atoms with van der Waals surface area (Å²) in [5.41, 5.74) is 0.154. The monoisotopic (exact) mass is 306 g/mol. The van der Waals surface area contributed by atoms with Gasteiger partial charge in [0.15, 0.2) is 0 Å². The molecule has 0 aromatic heterocycles. The fourth-order valence-electron chi connectivity index (χ4n) is 2.07. The Kier molecular flexibility index (Phi) is 4.45. The van der Waals surface area contributed by atoms with Gasteiger partial charge in [0.1, 0.15) is 5.69 Å². The Morgan fingerprint density at radius 1 is 1.29 bits per heavy atom. The van der Waals surface area contributed by atoms with Crippen molar-refractivity contribution in [2.24, 2.45) is 0 Å². The molecule has 2 N–H and O–H groups in total. The van der Waals surface area contributed by atoms with Crippen molar-refractivity contribution in [2.45, 2.75) is 12.5 Å². The maximum Gasteiger partial charge on any atom is 0.292 e. The Bertz CT molecular complexity index is 649. The van der Waals surface area contributed by atoms with Gasteiger partial charge < -0.3 is 10.4 Å². The molecule has 0 spiro atoms. The summed E-state index contributed by atoms with van der Waals surface area (Å²) in [5.74, 6) is 0. The molecular weight excluding hydrogens is 292 g/mol. The molecule has 2 aromatic rings. The molecule has 0 fully saturated rings. The lowest BCUT2D eigenvalue weighted by atomic mass is 9.92. The number of rotatable bonds is 5. The summed E-state index contributed by atoms with van der Waals surface area (Å²) >= 11 is 5.91. The molecule has 21 heavy (non-hydrogen) atoms. The van der Waals surface area contributed by atoms with Crippen LogP contribution in [0, 0.1) is 10.1 Å². The van der Waals surface area contributed by atoms with Crippen molar-refractivity contribution in [3.63, 3.8) is 0 Å². The van der Waals surface area contributed by atoms with E-state index in [0.717, 1.165) is 5.56 Å². The van der Waals surface area contributed by atoms with Crippen LogP contribution in [0.25, 0.3) is 0 Å². The quantitative estimate of drug-likeness (QED) is 0.654. The number of nitro benzene ring substituents is 1. The number of nitro groups is 1. The molecule has 2 rings (SSSR count). The number of benzene rings is 2. The highest BCUT2D eigenvalue weighted by atomic mass is 35.5. The summed E-state index contributed by atoms with van der Waals surface area (Å²) in [7, 11) is 0. The summed E-state index contributed by atoms with van der Waals surface area (Å²) in [6.45, 7) is 1.55. The normalized spacial score (nSPS) is 13.5. The van der Waals surface area contributed by atoms with E-state index in [1.165, 1.54) is 18.2 Å². The highest BCUT2D eigenvalue weighted by molar-refractivity contribution is 6.31. The number of aliphatic hydroxyl groups is 1. The number of nitrogens with zero attached hydrogens (tertiary/aromatic N) is 1. The number of nitrogens with one attached hydrogen (secondary N) is 1. The van der Waals surface area contributed by atoms with Crippen LogP contribution in [-0.2, 0) is 5.54 Å². The molecular formula is C15H15ClN2O3. The van der Waals surface area contributed by atoms with Gasteiger partial charge in [-0.1, -0.05) is 41.9 Å². The summed E-state index contributed by atoms with van der Waals surface area (Å²) in [4.78, 5) is 10.6. The molecule has 2 aromatic carbocycles. The number of aliphatic hydroxyl groups excluding tert-OH is 1. The highest BCUT2D eigenvalue weighted by Crippen LogP contribution is 2.33. The van der Waals surface area contributed by atoms with Gasteiger partial charge in [-0.25, -0.2) is 0 Å². The Balaban J connectivity index is 2.44. The van der Waals surface area contributed by atoms with Crippen molar-refractivity contribution < 1.29 is 10.0 Å². The zero-order valence-corrected chi connectivity index (χ0v) is 12.2. The molecule has 0 aliphatic rings.